The minimum absolute atomic E-state index is 0.00135. The van der Waals surface area contributed by atoms with E-state index in [4.69, 9.17) is 9.52 Å². The van der Waals surface area contributed by atoms with Crippen molar-refractivity contribution in [2.24, 2.45) is 5.41 Å². The van der Waals surface area contributed by atoms with Crippen LogP contribution in [0.2, 0.25) is 0 Å². The normalized spacial score (nSPS) is 22.4. The topological polar surface area (TPSA) is 132 Å². The predicted molar refractivity (Wildman–Crippen MR) is 89.7 cm³/mol. The van der Waals surface area contributed by atoms with Gasteiger partial charge >= 0.3 is 11.9 Å². The first kappa shape index (κ1) is 18.4. The average Bonchev–Trinajstić information content (AvgIpc) is 3.19. The maximum absolute atomic E-state index is 12.2. The van der Waals surface area contributed by atoms with E-state index in [0.29, 0.717) is 18.7 Å². The summed E-state index contributed by atoms with van der Waals surface area (Å²) in [6, 6.07) is 2.16. The molecule has 2 saturated heterocycles. The number of amides is 1. The van der Waals surface area contributed by atoms with Crippen LogP contribution in [0, 0.1) is 5.41 Å². The highest BCUT2D eigenvalue weighted by Crippen LogP contribution is 2.41. The van der Waals surface area contributed by atoms with Crippen molar-refractivity contribution >= 4 is 17.8 Å². The molecule has 1 aromatic rings. The Labute approximate surface area is 150 Å². The summed E-state index contributed by atoms with van der Waals surface area (Å²) in [5, 5.41) is 24.3. The molecule has 2 aliphatic heterocycles. The highest BCUT2D eigenvalue weighted by atomic mass is 16.4. The molecule has 0 aromatic carbocycles. The van der Waals surface area contributed by atoms with Gasteiger partial charge in [-0.25, -0.2) is 4.79 Å². The Hall–Kier alpha value is -2.39. The van der Waals surface area contributed by atoms with Crippen molar-refractivity contribution in [1.82, 2.24) is 15.5 Å². The quantitative estimate of drug-likeness (QED) is 0.559. The smallest absolute Gasteiger partial charge is 0.371 e. The second-order valence-electron chi connectivity index (χ2n) is 7.06. The lowest BCUT2D eigenvalue weighted by Crippen LogP contribution is -2.43. The molecule has 4 N–H and O–H groups in total. The second kappa shape index (κ2) is 7.46. The number of rotatable bonds is 6. The van der Waals surface area contributed by atoms with Gasteiger partial charge in [0, 0.05) is 6.54 Å². The summed E-state index contributed by atoms with van der Waals surface area (Å²) in [4.78, 5) is 36.4. The highest BCUT2D eigenvalue weighted by molar-refractivity contribution is 5.84. The third-order valence-electron chi connectivity index (χ3n) is 5.23. The van der Waals surface area contributed by atoms with E-state index in [2.05, 4.69) is 10.6 Å². The Bertz CT molecular complexity index is 694. The van der Waals surface area contributed by atoms with Crippen LogP contribution in [0.15, 0.2) is 16.5 Å². The lowest BCUT2D eigenvalue weighted by atomic mass is 9.77. The summed E-state index contributed by atoms with van der Waals surface area (Å²) in [6.45, 7) is 2.40. The number of hydrogen-bond donors (Lipinski definition) is 4. The van der Waals surface area contributed by atoms with Gasteiger partial charge in [-0.15, -0.1) is 0 Å². The molecule has 9 heteroatoms. The fourth-order valence-electron chi connectivity index (χ4n) is 3.89. The van der Waals surface area contributed by atoms with Crippen molar-refractivity contribution in [3.63, 3.8) is 0 Å². The number of carboxylic acid groups (broad SMARTS) is 2. The van der Waals surface area contributed by atoms with Crippen LogP contribution in [0.25, 0.3) is 0 Å². The van der Waals surface area contributed by atoms with Gasteiger partial charge in [0.25, 0.3) is 0 Å². The van der Waals surface area contributed by atoms with Crippen molar-refractivity contribution < 1.29 is 29.0 Å². The molecule has 3 rings (SSSR count). The average molecular weight is 365 g/mol. The Morgan fingerprint density at radius 1 is 1.27 bits per heavy atom. The Kier molecular flexibility index (Phi) is 5.28. The highest BCUT2D eigenvalue weighted by Gasteiger charge is 2.47. The number of carboxylic acids is 2. The van der Waals surface area contributed by atoms with Crippen LogP contribution in [0.4, 0.5) is 0 Å². The standard InChI is InChI=1S/C17H23N3O6/c21-14(19-8-11-1-2-13(26-11)16(24)25)9-20-10-17(3-5-18-6-4-17)7-12(20)15(22)23/h1-2,12,18H,3-10H2,(H,19,21)(H,22,23)(H,24,25). The van der Waals surface area contributed by atoms with Crippen LogP contribution in [-0.4, -0.2) is 65.2 Å². The lowest BCUT2D eigenvalue weighted by molar-refractivity contribution is -0.142. The molecule has 1 unspecified atom stereocenters. The number of hydrogen-bond acceptors (Lipinski definition) is 6. The van der Waals surface area contributed by atoms with E-state index in [1.807, 2.05) is 0 Å². The summed E-state index contributed by atoms with van der Waals surface area (Å²) in [5.41, 5.74) is -0.0357. The van der Waals surface area contributed by atoms with E-state index in [-0.39, 0.29) is 30.2 Å². The second-order valence-corrected chi connectivity index (χ2v) is 7.06. The SMILES string of the molecule is O=C(CN1CC2(CCNCC2)CC1C(=O)O)NCc1ccc(C(=O)O)o1. The molecule has 2 aliphatic rings. The summed E-state index contributed by atoms with van der Waals surface area (Å²) in [7, 11) is 0. The summed E-state index contributed by atoms with van der Waals surface area (Å²) >= 11 is 0. The summed E-state index contributed by atoms with van der Waals surface area (Å²) < 4.78 is 5.09. The third kappa shape index (κ3) is 4.05. The van der Waals surface area contributed by atoms with Crippen molar-refractivity contribution in [3.8, 4) is 0 Å². The van der Waals surface area contributed by atoms with Crippen LogP contribution >= 0.6 is 0 Å². The minimum Gasteiger partial charge on any atom is -0.480 e. The molecule has 26 heavy (non-hydrogen) atoms. The van der Waals surface area contributed by atoms with Gasteiger partial charge in [-0.2, -0.15) is 0 Å². The van der Waals surface area contributed by atoms with Crippen LogP contribution in [0.5, 0.6) is 0 Å². The fourth-order valence-corrected chi connectivity index (χ4v) is 3.89. The van der Waals surface area contributed by atoms with Crippen LogP contribution in [0.3, 0.4) is 0 Å². The molecule has 9 nitrogen and oxygen atoms in total. The van der Waals surface area contributed by atoms with Crippen LogP contribution in [-0.2, 0) is 16.1 Å². The van der Waals surface area contributed by atoms with Gasteiger partial charge in [0.05, 0.1) is 13.1 Å². The van der Waals surface area contributed by atoms with E-state index < -0.39 is 18.0 Å². The van der Waals surface area contributed by atoms with E-state index in [1.54, 1.807) is 4.90 Å². The first-order valence-corrected chi connectivity index (χ1v) is 8.65. The van der Waals surface area contributed by atoms with Crippen molar-refractivity contribution in [1.29, 1.82) is 0 Å². The van der Waals surface area contributed by atoms with Crippen LogP contribution < -0.4 is 10.6 Å². The first-order chi connectivity index (χ1) is 12.4. The first-order valence-electron chi connectivity index (χ1n) is 8.65. The summed E-state index contributed by atoms with van der Waals surface area (Å²) in [5.74, 6) is -2.23. The van der Waals surface area contributed by atoms with Gasteiger partial charge in [-0.1, -0.05) is 0 Å². The molecular weight excluding hydrogens is 342 g/mol. The van der Waals surface area contributed by atoms with E-state index >= 15 is 0 Å². The third-order valence-corrected chi connectivity index (χ3v) is 5.23. The molecule has 1 amide bonds. The zero-order chi connectivity index (χ0) is 18.7. The molecule has 142 valence electrons. The molecule has 3 heterocycles. The Balaban J connectivity index is 1.56. The molecule has 1 spiro atoms. The molecule has 1 aromatic heterocycles. The van der Waals surface area contributed by atoms with Crippen LogP contribution in [0.1, 0.15) is 35.6 Å². The summed E-state index contributed by atoms with van der Waals surface area (Å²) in [6.07, 6.45) is 2.40. The molecule has 0 saturated carbocycles. The zero-order valence-corrected chi connectivity index (χ0v) is 14.4. The Morgan fingerprint density at radius 2 is 2.00 bits per heavy atom. The van der Waals surface area contributed by atoms with Crippen molar-refractivity contribution in [3.05, 3.63) is 23.7 Å². The number of likely N-dealkylation sites (tertiary alicyclic amines) is 1. The maximum Gasteiger partial charge on any atom is 0.371 e. The van der Waals surface area contributed by atoms with Gasteiger partial charge in [0.15, 0.2) is 0 Å². The molecule has 0 bridgehead atoms. The maximum atomic E-state index is 12.2. The number of aliphatic carboxylic acids is 1. The number of carbonyl (C=O) groups is 3. The fraction of sp³-hybridized carbons (Fsp3) is 0.588. The van der Waals surface area contributed by atoms with E-state index in [9.17, 15) is 19.5 Å². The Morgan fingerprint density at radius 3 is 2.62 bits per heavy atom. The predicted octanol–water partition coefficient (Wildman–Crippen LogP) is 0.123. The minimum atomic E-state index is -1.17. The van der Waals surface area contributed by atoms with E-state index in [0.717, 1.165) is 25.9 Å². The monoisotopic (exact) mass is 365 g/mol. The number of aromatic carboxylic acids is 1. The van der Waals surface area contributed by atoms with Crippen molar-refractivity contribution in [2.45, 2.75) is 31.8 Å². The molecule has 0 aliphatic carbocycles. The van der Waals surface area contributed by atoms with Crippen molar-refractivity contribution in [2.75, 3.05) is 26.2 Å². The lowest BCUT2D eigenvalue weighted by Gasteiger charge is -2.33. The van der Waals surface area contributed by atoms with Gasteiger partial charge < -0.3 is 25.3 Å². The number of furan rings is 1. The number of piperidine rings is 1. The van der Waals surface area contributed by atoms with Gasteiger partial charge in [0.2, 0.25) is 11.7 Å². The molecule has 1 atom stereocenters. The molecule has 2 fully saturated rings. The van der Waals surface area contributed by atoms with Gasteiger partial charge in [0.1, 0.15) is 11.8 Å². The number of nitrogens with one attached hydrogen (secondary N) is 2. The number of nitrogens with zero attached hydrogens (tertiary/aromatic N) is 1. The molecular formula is C17H23N3O6. The number of carbonyl (C=O) groups excluding carboxylic acids is 1. The zero-order valence-electron chi connectivity index (χ0n) is 14.4. The molecule has 0 radical (unpaired) electrons. The van der Waals surface area contributed by atoms with Gasteiger partial charge in [-0.3, -0.25) is 14.5 Å². The van der Waals surface area contributed by atoms with E-state index in [1.165, 1.54) is 12.1 Å². The van der Waals surface area contributed by atoms with Gasteiger partial charge in [-0.05, 0) is 49.9 Å². The largest absolute Gasteiger partial charge is 0.480 e.